The molecule has 0 saturated heterocycles. The van der Waals surface area contributed by atoms with Gasteiger partial charge in [0, 0.05) is 24.2 Å². The molecule has 0 spiro atoms. The number of methoxy groups -OCH3 is 1. The molecule has 0 fully saturated rings. The van der Waals surface area contributed by atoms with Crippen molar-refractivity contribution < 1.29 is 14.3 Å². The molecule has 3 aromatic carbocycles. The highest BCUT2D eigenvalue weighted by Gasteiger charge is 2.42. The fourth-order valence-corrected chi connectivity index (χ4v) is 5.72. The quantitative estimate of drug-likeness (QED) is 0.340. The van der Waals surface area contributed by atoms with Crippen LogP contribution in [-0.2, 0) is 16.1 Å². The summed E-state index contributed by atoms with van der Waals surface area (Å²) in [5.41, 5.74) is 4.77. The minimum Gasteiger partial charge on any atom is -0.497 e. The Morgan fingerprint density at radius 1 is 1.05 bits per heavy atom. The van der Waals surface area contributed by atoms with E-state index < -0.39 is 6.04 Å². The first-order valence-corrected chi connectivity index (χ1v) is 13.6. The second kappa shape index (κ2) is 10.9. The lowest BCUT2D eigenvalue weighted by Gasteiger charge is -2.38. The molecular formula is C31H31Cl2N3O3. The number of hydrogen-bond donors (Lipinski definition) is 2. The normalized spacial score (nSPS) is 18.0. The van der Waals surface area contributed by atoms with E-state index in [0.717, 1.165) is 33.9 Å². The lowest BCUT2D eigenvalue weighted by atomic mass is 9.73. The molecule has 2 aliphatic rings. The third kappa shape index (κ3) is 5.77. The Morgan fingerprint density at radius 2 is 1.79 bits per heavy atom. The number of ether oxygens (including phenoxy) is 1. The topological polar surface area (TPSA) is 70.7 Å². The van der Waals surface area contributed by atoms with Gasteiger partial charge in [0.25, 0.3) is 0 Å². The Morgan fingerprint density at radius 3 is 2.51 bits per heavy atom. The first kappa shape index (κ1) is 27.1. The number of Topliss-reactive ketones (excluding diaryl/α,β-unsaturated/α-hetero) is 1. The van der Waals surface area contributed by atoms with Crippen molar-refractivity contribution in [2.45, 2.75) is 39.3 Å². The number of halogens is 2. The molecule has 3 aromatic rings. The van der Waals surface area contributed by atoms with Gasteiger partial charge in [0.05, 0.1) is 41.1 Å². The van der Waals surface area contributed by atoms with Crippen LogP contribution in [-0.4, -0.2) is 25.3 Å². The van der Waals surface area contributed by atoms with Crippen LogP contribution in [0.2, 0.25) is 10.0 Å². The van der Waals surface area contributed by atoms with E-state index in [-0.39, 0.29) is 23.7 Å². The van der Waals surface area contributed by atoms with Crippen LogP contribution in [0, 0.1) is 5.41 Å². The van der Waals surface area contributed by atoms with Gasteiger partial charge < -0.3 is 20.3 Å². The van der Waals surface area contributed by atoms with Gasteiger partial charge in [-0.25, -0.2) is 0 Å². The largest absolute Gasteiger partial charge is 0.497 e. The molecule has 0 saturated carbocycles. The van der Waals surface area contributed by atoms with E-state index in [4.69, 9.17) is 27.9 Å². The third-order valence-electron chi connectivity index (χ3n) is 7.23. The predicted octanol–water partition coefficient (Wildman–Crippen LogP) is 6.93. The molecule has 0 aromatic heterocycles. The molecule has 8 heteroatoms. The minimum absolute atomic E-state index is 0.0349. The average Bonchev–Trinajstić information content (AvgIpc) is 3.03. The first-order valence-electron chi connectivity index (χ1n) is 12.9. The van der Waals surface area contributed by atoms with Gasteiger partial charge in [0.15, 0.2) is 5.78 Å². The molecule has 0 radical (unpaired) electrons. The number of allylic oxidation sites excluding steroid dienone is 1. The van der Waals surface area contributed by atoms with E-state index in [2.05, 4.69) is 24.5 Å². The van der Waals surface area contributed by atoms with Crippen LogP contribution >= 0.6 is 23.2 Å². The molecule has 5 rings (SSSR count). The number of fused-ring (bicyclic) bond motifs is 1. The molecule has 1 atom stereocenters. The Bertz CT molecular complexity index is 1450. The van der Waals surface area contributed by atoms with Gasteiger partial charge >= 0.3 is 0 Å². The standard InChI is InChI=1S/C31H31Cl2N3O3/c1-31(2)15-25-29(27(37)16-31)30(20-10-13-22(32)23(33)14-20)36(26-7-5-4-6-24(26)35-25)18-28(38)34-17-19-8-11-21(39-3)12-9-19/h4-14,30,35H,15-18H2,1-3H3,(H,34,38). The highest BCUT2D eigenvalue weighted by atomic mass is 35.5. The van der Waals surface area contributed by atoms with Crippen LogP contribution in [0.15, 0.2) is 78.0 Å². The van der Waals surface area contributed by atoms with E-state index in [0.29, 0.717) is 35.0 Å². The monoisotopic (exact) mass is 563 g/mol. The Kier molecular flexibility index (Phi) is 7.61. The minimum atomic E-state index is -0.527. The smallest absolute Gasteiger partial charge is 0.239 e. The molecule has 39 heavy (non-hydrogen) atoms. The maximum Gasteiger partial charge on any atom is 0.239 e. The van der Waals surface area contributed by atoms with Gasteiger partial charge in [-0.05, 0) is 59.4 Å². The zero-order valence-corrected chi connectivity index (χ0v) is 23.7. The maximum atomic E-state index is 13.8. The van der Waals surface area contributed by atoms with Crippen molar-refractivity contribution in [3.05, 3.63) is 99.2 Å². The third-order valence-corrected chi connectivity index (χ3v) is 7.97. The van der Waals surface area contributed by atoms with Crippen molar-refractivity contribution in [3.8, 4) is 5.75 Å². The number of nitrogens with zero attached hydrogens (tertiary/aromatic N) is 1. The van der Waals surface area contributed by atoms with E-state index in [1.54, 1.807) is 19.2 Å². The van der Waals surface area contributed by atoms with Gasteiger partial charge in [-0.1, -0.05) is 67.4 Å². The summed E-state index contributed by atoms with van der Waals surface area (Å²) in [7, 11) is 1.62. The van der Waals surface area contributed by atoms with Crippen molar-refractivity contribution >= 4 is 46.3 Å². The summed E-state index contributed by atoms with van der Waals surface area (Å²) in [4.78, 5) is 29.2. The van der Waals surface area contributed by atoms with Gasteiger partial charge in [0.1, 0.15) is 5.75 Å². The first-order chi connectivity index (χ1) is 18.6. The van der Waals surface area contributed by atoms with E-state index in [1.165, 1.54) is 0 Å². The van der Waals surface area contributed by atoms with E-state index in [1.807, 2.05) is 59.5 Å². The molecule has 202 valence electrons. The number of nitrogens with one attached hydrogen (secondary N) is 2. The van der Waals surface area contributed by atoms with Crippen molar-refractivity contribution in [2.24, 2.45) is 5.41 Å². The number of hydrogen-bond acceptors (Lipinski definition) is 5. The number of rotatable bonds is 6. The molecule has 0 bridgehead atoms. The number of carbonyl (C=O) groups excluding carboxylic acids is 2. The molecule has 1 amide bonds. The molecule has 6 nitrogen and oxygen atoms in total. The number of carbonyl (C=O) groups is 2. The lowest BCUT2D eigenvalue weighted by Crippen LogP contribution is -2.41. The summed E-state index contributed by atoms with van der Waals surface area (Å²) in [5.74, 6) is 0.646. The number of ketones is 1. The Balaban J connectivity index is 1.55. The Hall–Kier alpha value is -3.48. The summed E-state index contributed by atoms with van der Waals surface area (Å²) >= 11 is 12.7. The van der Waals surface area contributed by atoms with Crippen molar-refractivity contribution in [3.63, 3.8) is 0 Å². The summed E-state index contributed by atoms with van der Waals surface area (Å²) in [6.45, 7) is 4.61. The number of para-hydroxylation sites is 2. The molecule has 1 aliphatic carbocycles. The SMILES string of the molecule is COc1ccc(CNC(=O)CN2c3ccccc3NC3=C(C(=O)CC(C)(C)C3)C2c2ccc(Cl)c(Cl)c2)cc1. The fourth-order valence-electron chi connectivity index (χ4n) is 5.41. The predicted molar refractivity (Wildman–Crippen MR) is 157 cm³/mol. The number of anilines is 2. The molecule has 1 aliphatic heterocycles. The second-order valence-corrected chi connectivity index (χ2v) is 11.6. The molecule has 1 unspecified atom stereocenters. The van der Waals surface area contributed by atoms with Gasteiger partial charge in [-0.3, -0.25) is 9.59 Å². The highest BCUT2D eigenvalue weighted by molar-refractivity contribution is 6.42. The van der Waals surface area contributed by atoms with Crippen LogP contribution in [0.25, 0.3) is 0 Å². The fraction of sp³-hybridized carbons (Fsp3) is 0.290. The Labute approximate surface area is 238 Å². The van der Waals surface area contributed by atoms with Crippen LogP contribution < -0.4 is 20.3 Å². The maximum absolute atomic E-state index is 13.8. The van der Waals surface area contributed by atoms with Gasteiger partial charge in [0.2, 0.25) is 5.91 Å². The van der Waals surface area contributed by atoms with Crippen LogP contribution in [0.5, 0.6) is 5.75 Å². The van der Waals surface area contributed by atoms with E-state index >= 15 is 0 Å². The molecular weight excluding hydrogens is 533 g/mol. The lowest BCUT2D eigenvalue weighted by molar-refractivity contribution is -0.120. The van der Waals surface area contributed by atoms with Crippen LogP contribution in [0.3, 0.4) is 0 Å². The summed E-state index contributed by atoms with van der Waals surface area (Å²) in [6, 6.07) is 20.3. The highest BCUT2D eigenvalue weighted by Crippen LogP contribution is 2.48. The molecule has 2 N–H and O–H groups in total. The summed E-state index contributed by atoms with van der Waals surface area (Å²) in [5, 5.41) is 7.42. The van der Waals surface area contributed by atoms with Crippen molar-refractivity contribution in [1.29, 1.82) is 0 Å². The zero-order valence-electron chi connectivity index (χ0n) is 22.2. The van der Waals surface area contributed by atoms with Crippen LogP contribution in [0.1, 0.15) is 43.9 Å². The van der Waals surface area contributed by atoms with Gasteiger partial charge in [-0.15, -0.1) is 0 Å². The number of benzene rings is 3. The summed E-state index contributed by atoms with van der Waals surface area (Å²) < 4.78 is 5.23. The van der Waals surface area contributed by atoms with Crippen molar-refractivity contribution in [2.75, 3.05) is 23.9 Å². The van der Waals surface area contributed by atoms with Crippen molar-refractivity contribution in [1.82, 2.24) is 5.32 Å². The zero-order chi connectivity index (χ0) is 27.7. The number of amides is 1. The summed E-state index contributed by atoms with van der Waals surface area (Å²) in [6.07, 6.45) is 1.12. The van der Waals surface area contributed by atoms with Gasteiger partial charge in [-0.2, -0.15) is 0 Å². The average molecular weight is 565 g/mol. The molecule has 1 heterocycles. The second-order valence-electron chi connectivity index (χ2n) is 10.8. The van der Waals surface area contributed by atoms with E-state index in [9.17, 15) is 9.59 Å². The van der Waals surface area contributed by atoms with Crippen LogP contribution in [0.4, 0.5) is 11.4 Å².